The van der Waals surface area contributed by atoms with Crippen LogP contribution in [0, 0.1) is 0 Å². The Labute approximate surface area is 215 Å². The fourth-order valence-electron chi connectivity index (χ4n) is 3.13. The van der Waals surface area contributed by atoms with Gasteiger partial charge in [-0.05, 0) is 31.9 Å². The number of ether oxygens (including phenoxy) is 2. The van der Waals surface area contributed by atoms with Crippen molar-refractivity contribution in [2.24, 2.45) is 0 Å². The maximum atomic E-state index is 12.3. The lowest BCUT2D eigenvalue weighted by Crippen LogP contribution is -2.50. The van der Waals surface area contributed by atoms with Crippen molar-refractivity contribution in [1.82, 2.24) is 21.3 Å². The van der Waals surface area contributed by atoms with E-state index in [2.05, 4.69) is 26.0 Å². The van der Waals surface area contributed by atoms with Crippen LogP contribution in [0.25, 0.3) is 0 Å². The topological polar surface area (TPSA) is 152 Å². The van der Waals surface area contributed by atoms with E-state index in [1.807, 2.05) is 30.3 Å². The van der Waals surface area contributed by atoms with Gasteiger partial charge >= 0.3 is 12.1 Å². The van der Waals surface area contributed by atoms with Crippen molar-refractivity contribution in [3.63, 3.8) is 0 Å². The molecule has 11 heteroatoms. The molecular formula is C26H32N4O7. The van der Waals surface area contributed by atoms with Gasteiger partial charge in [-0.3, -0.25) is 19.2 Å². The number of alkyl carbamates (subject to hydrolysis) is 1. The average molecular weight is 513 g/mol. The summed E-state index contributed by atoms with van der Waals surface area (Å²) in [4.78, 5) is 57.8. The minimum atomic E-state index is -0.976. The number of methoxy groups -OCH3 is 1. The quantitative estimate of drug-likeness (QED) is 0.428. The van der Waals surface area contributed by atoms with Gasteiger partial charge < -0.3 is 30.7 Å². The summed E-state index contributed by atoms with van der Waals surface area (Å²) in [5, 5.41) is 10.1. The zero-order valence-corrected chi connectivity index (χ0v) is 21.2. The lowest BCUT2D eigenvalue weighted by atomic mass is 10.1. The fraction of sp³-hybridized carbons (Fsp3) is 0.346. The molecule has 0 bridgehead atoms. The van der Waals surface area contributed by atoms with Crippen LogP contribution in [-0.2, 0) is 28.7 Å². The van der Waals surface area contributed by atoms with Crippen LogP contribution in [0.3, 0.4) is 0 Å². The highest BCUT2D eigenvalue weighted by atomic mass is 16.6. The molecule has 2 aromatic carbocycles. The van der Waals surface area contributed by atoms with E-state index in [0.717, 1.165) is 5.56 Å². The Bertz CT molecular complexity index is 1090. The summed E-state index contributed by atoms with van der Waals surface area (Å²) in [5.41, 5.74) is 0.687. The molecule has 11 nitrogen and oxygen atoms in total. The molecule has 2 unspecified atom stereocenters. The van der Waals surface area contributed by atoms with Gasteiger partial charge in [0, 0.05) is 0 Å². The van der Waals surface area contributed by atoms with Gasteiger partial charge in [0.15, 0.2) is 0 Å². The first-order chi connectivity index (χ1) is 17.5. The first kappa shape index (κ1) is 28.8. The van der Waals surface area contributed by atoms with Crippen molar-refractivity contribution in [2.75, 3.05) is 20.2 Å². The molecule has 1 fully saturated rings. The van der Waals surface area contributed by atoms with Gasteiger partial charge in [-0.2, -0.15) is 0 Å². The highest BCUT2D eigenvalue weighted by Crippen LogP contribution is 2.15. The summed E-state index contributed by atoms with van der Waals surface area (Å²) in [7, 11) is 1.22. The number of hydrogen-bond donors (Lipinski definition) is 4. The molecule has 1 saturated heterocycles. The molecule has 0 radical (unpaired) electrons. The molecule has 1 aliphatic rings. The molecule has 0 saturated carbocycles. The third-order valence-electron chi connectivity index (χ3n) is 4.81. The number of benzene rings is 2. The molecule has 0 aromatic heterocycles. The van der Waals surface area contributed by atoms with Crippen LogP contribution in [-0.4, -0.2) is 55.6 Å². The highest BCUT2D eigenvalue weighted by Gasteiger charge is 2.27. The maximum Gasteiger partial charge on any atom is 0.408 e. The van der Waals surface area contributed by atoms with E-state index in [1.54, 1.807) is 51.1 Å². The van der Waals surface area contributed by atoms with E-state index in [1.165, 1.54) is 7.11 Å². The summed E-state index contributed by atoms with van der Waals surface area (Å²) in [5.74, 6) is -1.43. The number of carbonyl (C=O) groups is 5. The molecule has 2 atom stereocenters. The summed E-state index contributed by atoms with van der Waals surface area (Å²) in [6.07, 6.45) is -0.723. The number of esters is 1. The maximum absolute atomic E-state index is 12.3. The van der Waals surface area contributed by atoms with Crippen molar-refractivity contribution < 1.29 is 33.4 Å². The monoisotopic (exact) mass is 512 g/mol. The van der Waals surface area contributed by atoms with E-state index in [9.17, 15) is 24.0 Å². The second kappa shape index (κ2) is 13.6. The number of amides is 4. The number of carbonyl (C=O) groups excluding carboxylic acids is 5. The van der Waals surface area contributed by atoms with Crippen LogP contribution in [0.5, 0.6) is 0 Å². The molecule has 198 valence electrons. The average Bonchev–Trinajstić information content (AvgIpc) is 2.87. The standard InChI is InChI=1S/C16H22N2O5.C10H10N2O2/c1-16(2,3)23-15(21)18-13(11-8-6-5-7-9-11)14(20)17-10-12(19)22-4;13-8-6-11-10(14)9(12-8)7-4-2-1-3-5-7/h5-9,13H,10H2,1-4H3,(H,17,20)(H,18,21);1-5,9H,6H2,(H,11,14)(H,12,13). The number of hydrogen-bond acceptors (Lipinski definition) is 7. The minimum Gasteiger partial charge on any atom is -0.468 e. The number of nitrogens with one attached hydrogen (secondary N) is 4. The van der Waals surface area contributed by atoms with Gasteiger partial charge in [-0.25, -0.2) is 4.79 Å². The van der Waals surface area contributed by atoms with Gasteiger partial charge in [0.25, 0.3) is 0 Å². The summed E-state index contributed by atoms with van der Waals surface area (Å²) < 4.78 is 9.63. The predicted octanol–water partition coefficient (Wildman–Crippen LogP) is 1.52. The number of rotatable bonds is 6. The summed E-state index contributed by atoms with van der Waals surface area (Å²) in [6.45, 7) is 4.96. The second-order valence-corrected chi connectivity index (χ2v) is 8.91. The fourth-order valence-corrected chi connectivity index (χ4v) is 3.13. The lowest BCUT2D eigenvalue weighted by Gasteiger charge is -2.23. The third kappa shape index (κ3) is 10.0. The molecular weight excluding hydrogens is 480 g/mol. The molecule has 2 aromatic rings. The Morgan fingerprint density at radius 3 is 2.16 bits per heavy atom. The molecule has 3 rings (SSSR count). The van der Waals surface area contributed by atoms with Crippen molar-refractivity contribution in [1.29, 1.82) is 0 Å². The first-order valence-corrected chi connectivity index (χ1v) is 11.5. The second-order valence-electron chi connectivity index (χ2n) is 8.91. The van der Waals surface area contributed by atoms with Crippen molar-refractivity contribution in [3.05, 3.63) is 71.8 Å². The van der Waals surface area contributed by atoms with Crippen LogP contribution in [0.15, 0.2) is 60.7 Å². The van der Waals surface area contributed by atoms with Crippen LogP contribution >= 0.6 is 0 Å². The van der Waals surface area contributed by atoms with Gasteiger partial charge in [-0.1, -0.05) is 60.7 Å². The normalized spacial score (nSPS) is 15.5. The van der Waals surface area contributed by atoms with E-state index >= 15 is 0 Å². The Morgan fingerprint density at radius 1 is 1.00 bits per heavy atom. The van der Waals surface area contributed by atoms with Gasteiger partial charge in [0.05, 0.1) is 13.7 Å². The largest absolute Gasteiger partial charge is 0.468 e. The Morgan fingerprint density at radius 2 is 1.59 bits per heavy atom. The van der Waals surface area contributed by atoms with Gasteiger partial charge in [-0.15, -0.1) is 0 Å². The van der Waals surface area contributed by atoms with E-state index in [-0.39, 0.29) is 24.9 Å². The molecule has 0 spiro atoms. The van der Waals surface area contributed by atoms with Crippen LogP contribution < -0.4 is 21.3 Å². The SMILES string of the molecule is COC(=O)CNC(=O)C(NC(=O)OC(C)(C)C)c1ccccc1.O=C1CNC(=O)C(c2ccccc2)N1. The van der Waals surface area contributed by atoms with Crippen molar-refractivity contribution >= 4 is 29.8 Å². The van der Waals surface area contributed by atoms with E-state index < -0.39 is 35.7 Å². The molecule has 37 heavy (non-hydrogen) atoms. The Balaban J connectivity index is 0.000000291. The van der Waals surface area contributed by atoms with Gasteiger partial charge in [0.1, 0.15) is 24.2 Å². The zero-order chi connectivity index (χ0) is 27.4. The molecule has 4 N–H and O–H groups in total. The zero-order valence-electron chi connectivity index (χ0n) is 21.2. The van der Waals surface area contributed by atoms with Crippen LogP contribution in [0.4, 0.5) is 4.79 Å². The smallest absolute Gasteiger partial charge is 0.408 e. The van der Waals surface area contributed by atoms with E-state index in [4.69, 9.17) is 4.74 Å². The van der Waals surface area contributed by atoms with E-state index in [0.29, 0.717) is 5.56 Å². The van der Waals surface area contributed by atoms with Crippen molar-refractivity contribution in [3.8, 4) is 0 Å². The molecule has 1 aliphatic heterocycles. The summed E-state index contributed by atoms with van der Waals surface area (Å²) >= 11 is 0. The minimum absolute atomic E-state index is 0.0716. The predicted molar refractivity (Wildman–Crippen MR) is 134 cm³/mol. The van der Waals surface area contributed by atoms with Crippen LogP contribution in [0.1, 0.15) is 44.0 Å². The highest BCUT2D eigenvalue weighted by molar-refractivity contribution is 5.95. The number of piperazine rings is 1. The summed E-state index contributed by atoms with van der Waals surface area (Å²) in [6, 6.07) is 16.3. The third-order valence-corrected chi connectivity index (χ3v) is 4.81. The Hall–Kier alpha value is -4.41. The molecule has 0 aliphatic carbocycles. The van der Waals surface area contributed by atoms with Gasteiger partial charge in [0.2, 0.25) is 17.7 Å². The lowest BCUT2D eigenvalue weighted by molar-refractivity contribution is -0.141. The van der Waals surface area contributed by atoms with Crippen LogP contribution in [0.2, 0.25) is 0 Å². The molecule has 4 amide bonds. The Kier molecular flexibility index (Phi) is 10.6. The molecule has 1 heterocycles. The first-order valence-electron chi connectivity index (χ1n) is 11.5. The van der Waals surface area contributed by atoms with Crippen molar-refractivity contribution in [2.45, 2.75) is 38.5 Å².